The molecule has 0 N–H and O–H groups in total. The van der Waals surface area contributed by atoms with Gasteiger partial charge in [0.25, 0.3) is 5.91 Å². The van der Waals surface area contributed by atoms with Gasteiger partial charge in [-0.25, -0.2) is 0 Å². The number of thiophene rings is 1. The lowest BCUT2D eigenvalue weighted by atomic mass is 10.2. The highest BCUT2D eigenvalue weighted by atomic mass is 32.2. The topological polar surface area (TPSA) is 84.5 Å². The Labute approximate surface area is 189 Å². The quantitative estimate of drug-likeness (QED) is 0.504. The fourth-order valence-electron chi connectivity index (χ4n) is 3.45. The molecule has 0 saturated carbocycles. The van der Waals surface area contributed by atoms with Crippen molar-refractivity contribution >= 4 is 34.9 Å². The lowest BCUT2D eigenvalue weighted by Crippen LogP contribution is -2.51. The molecule has 0 aliphatic carbocycles. The fourth-order valence-corrected chi connectivity index (χ4v) is 4.99. The normalized spacial score (nSPS) is 14.4. The maximum Gasteiger partial charge on any atom is 0.264 e. The molecule has 0 radical (unpaired) electrons. The SMILES string of the molecule is CC(C)Cn1c(SCC(=O)N2CCN(C(=O)c3cccs3)CC2)nnc1-c1ccco1. The third kappa shape index (κ3) is 5.01. The molecule has 1 saturated heterocycles. The predicted molar refractivity (Wildman–Crippen MR) is 120 cm³/mol. The third-order valence-electron chi connectivity index (χ3n) is 4.98. The van der Waals surface area contributed by atoms with Crippen molar-refractivity contribution in [2.75, 3.05) is 31.9 Å². The number of thioether (sulfide) groups is 1. The molecule has 8 nitrogen and oxygen atoms in total. The van der Waals surface area contributed by atoms with Crippen molar-refractivity contribution in [2.24, 2.45) is 5.92 Å². The van der Waals surface area contributed by atoms with Crippen LogP contribution in [0.15, 0.2) is 45.5 Å². The number of carbonyl (C=O) groups is 2. The Morgan fingerprint density at radius 2 is 1.90 bits per heavy atom. The van der Waals surface area contributed by atoms with Gasteiger partial charge >= 0.3 is 0 Å². The van der Waals surface area contributed by atoms with Crippen LogP contribution in [0.1, 0.15) is 23.5 Å². The Morgan fingerprint density at radius 3 is 2.55 bits per heavy atom. The zero-order valence-corrected chi connectivity index (χ0v) is 19.2. The van der Waals surface area contributed by atoms with Crippen LogP contribution in [0.2, 0.25) is 0 Å². The first-order chi connectivity index (χ1) is 15.0. The first-order valence-corrected chi connectivity index (χ1v) is 12.1. The van der Waals surface area contributed by atoms with Gasteiger partial charge in [0, 0.05) is 32.7 Å². The second-order valence-electron chi connectivity index (χ2n) is 7.73. The van der Waals surface area contributed by atoms with E-state index < -0.39 is 0 Å². The minimum absolute atomic E-state index is 0.0451. The van der Waals surface area contributed by atoms with Crippen LogP contribution in [0.25, 0.3) is 11.6 Å². The second-order valence-corrected chi connectivity index (χ2v) is 9.62. The monoisotopic (exact) mass is 459 g/mol. The summed E-state index contributed by atoms with van der Waals surface area (Å²) in [6.07, 6.45) is 1.61. The van der Waals surface area contributed by atoms with Gasteiger partial charge in [-0.1, -0.05) is 31.7 Å². The number of hydrogen-bond acceptors (Lipinski definition) is 7. The number of nitrogens with zero attached hydrogens (tertiary/aromatic N) is 5. The second kappa shape index (κ2) is 9.69. The van der Waals surface area contributed by atoms with Gasteiger partial charge in [-0.2, -0.15) is 0 Å². The molecule has 3 aromatic rings. The molecule has 3 aromatic heterocycles. The van der Waals surface area contributed by atoms with E-state index in [4.69, 9.17) is 4.42 Å². The van der Waals surface area contributed by atoms with E-state index in [1.165, 1.54) is 23.1 Å². The number of hydrogen-bond donors (Lipinski definition) is 0. The van der Waals surface area contributed by atoms with Crippen LogP contribution in [-0.2, 0) is 11.3 Å². The lowest BCUT2D eigenvalue weighted by Gasteiger charge is -2.34. The van der Waals surface area contributed by atoms with E-state index in [0.29, 0.717) is 48.8 Å². The van der Waals surface area contributed by atoms with E-state index in [9.17, 15) is 9.59 Å². The molecule has 1 aliphatic rings. The van der Waals surface area contributed by atoms with Gasteiger partial charge in [0.05, 0.1) is 16.9 Å². The fraction of sp³-hybridized carbons (Fsp3) is 0.429. The highest BCUT2D eigenvalue weighted by Crippen LogP contribution is 2.26. The minimum atomic E-state index is 0.0451. The molecule has 1 aliphatic heterocycles. The van der Waals surface area contributed by atoms with Crippen molar-refractivity contribution in [3.63, 3.8) is 0 Å². The Balaban J connectivity index is 1.34. The van der Waals surface area contributed by atoms with E-state index in [-0.39, 0.29) is 17.6 Å². The molecular formula is C21H25N5O3S2. The molecular weight excluding hydrogens is 434 g/mol. The maximum atomic E-state index is 12.8. The average Bonchev–Trinajstić information content (AvgIpc) is 3.53. The van der Waals surface area contributed by atoms with Crippen molar-refractivity contribution in [1.29, 1.82) is 0 Å². The van der Waals surface area contributed by atoms with Crippen LogP contribution in [0.5, 0.6) is 0 Å². The van der Waals surface area contributed by atoms with Crippen molar-refractivity contribution in [1.82, 2.24) is 24.6 Å². The molecule has 4 heterocycles. The Bertz CT molecular complexity index is 1010. The van der Waals surface area contributed by atoms with Crippen LogP contribution < -0.4 is 0 Å². The minimum Gasteiger partial charge on any atom is -0.461 e. The molecule has 0 aromatic carbocycles. The summed E-state index contributed by atoms with van der Waals surface area (Å²) in [5.74, 6) is 2.12. The number of furan rings is 1. The number of aromatic nitrogens is 3. The van der Waals surface area contributed by atoms with Gasteiger partial charge < -0.3 is 14.2 Å². The summed E-state index contributed by atoms with van der Waals surface area (Å²) in [6.45, 7) is 7.20. The maximum absolute atomic E-state index is 12.8. The Morgan fingerprint density at radius 1 is 1.13 bits per heavy atom. The van der Waals surface area contributed by atoms with Crippen LogP contribution in [0.4, 0.5) is 0 Å². The lowest BCUT2D eigenvalue weighted by molar-refractivity contribution is -0.129. The molecule has 31 heavy (non-hydrogen) atoms. The van der Waals surface area contributed by atoms with Crippen LogP contribution in [0.3, 0.4) is 0 Å². The van der Waals surface area contributed by atoms with Crippen molar-refractivity contribution in [3.05, 3.63) is 40.8 Å². The highest BCUT2D eigenvalue weighted by molar-refractivity contribution is 7.99. The summed E-state index contributed by atoms with van der Waals surface area (Å²) in [5, 5.41) is 11.2. The Kier molecular flexibility index (Phi) is 6.77. The van der Waals surface area contributed by atoms with E-state index in [1.54, 1.807) is 6.26 Å². The van der Waals surface area contributed by atoms with E-state index in [1.807, 2.05) is 44.0 Å². The number of piperazine rings is 1. The van der Waals surface area contributed by atoms with Crippen molar-refractivity contribution in [3.8, 4) is 11.6 Å². The summed E-state index contributed by atoms with van der Waals surface area (Å²) in [6, 6.07) is 7.40. The molecule has 0 unspecified atom stereocenters. The zero-order valence-electron chi connectivity index (χ0n) is 17.6. The van der Waals surface area contributed by atoms with Gasteiger partial charge in [0.1, 0.15) is 0 Å². The molecule has 4 rings (SSSR count). The number of carbonyl (C=O) groups excluding carboxylic acids is 2. The third-order valence-corrected chi connectivity index (χ3v) is 6.79. The first kappa shape index (κ1) is 21.6. The number of rotatable bonds is 7. The molecule has 0 atom stereocenters. The van der Waals surface area contributed by atoms with E-state index >= 15 is 0 Å². The van der Waals surface area contributed by atoms with Gasteiger partial charge in [-0.05, 0) is 29.5 Å². The van der Waals surface area contributed by atoms with E-state index in [2.05, 4.69) is 24.0 Å². The molecule has 0 bridgehead atoms. The summed E-state index contributed by atoms with van der Waals surface area (Å²) < 4.78 is 7.51. The summed E-state index contributed by atoms with van der Waals surface area (Å²) in [7, 11) is 0. The van der Waals surface area contributed by atoms with Crippen LogP contribution >= 0.6 is 23.1 Å². The van der Waals surface area contributed by atoms with Gasteiger partial charge in [0.15, 0.2) is 16.7 Å². The summed E-state index contributed by atoms with van der Waals surface area (Å²) >= 11 is 2.84. The van der Waals surface area contributed by atoms with Crippen molar-refractivity contribution in [2.45, 2.75) is 25.5 Å². The Hall–Kier alpha value is -2.59. The standard InChI is InChI=1S/C21H25N5O3S2/c1-15(2)13-26-19(16-5-3-11-29-16)22-23-21(26)31-14-18(27)24-7-9-25(10-8-24)20(28)17-6-4-12-30-17/h3-6,11-12,15H,7-10,13-14H2,1-2H3. The molecule has 1 fully saturated rings. The van der Waals surface area contributed by atoms with Gasteiger partial charge in [-0.3, -0.25) is 14.2 Å². The van der Waals surface area contributed by atoms with Crippen LogP contribution in [0, 0.1) is 5.92 Å². The largest absolute Gasteiger partial charge is 0.461 e. The summed E-state index contributed by atoms with van der Waals surface area (Å²) in [4.78, 5) is 29.6. The molecule has 2 amide bonds. The van der Waals surface area contributed by atoms with Gasteiger partial charge in [-0.15, -0.1) is 21.5 Å². The van der Waals surface area contributed by atoms with E-state index in [0.717, 1.165) is 11.4 Å². The molecule has 0 spiro atoms. The zero-order chi connectivity index (χ0) is 21.8. The molecule has 164 valence electrons. The van der Waals surface area contributed by atoms with Gasteiger partial charge in [0.2, 0.25) is 5.91 Å². The first-order valence-electron chi connectivity index (χ1n) is 10.2. The van der Waals surface area contributed by atoms with Crippen molar-refractivity contribution < 1.29 is 14.0 Å². The van der Waals surface area contributed by atoms with Crippen LogP contribution in [-0.4, -0.2) is 68.3 Å². The smallest absolute Gasteiger partial charge is 0.264 e. The summed E-state index contributed by atoms with van der Waals surface area (Å²) in [5.41, 5.74) is 0. The number of amides is 2. The highest BCUT2D eigenvalue weighted by Gasteiger charge is 2.26. The molecule has 10 heteroatoms. The predicted octanol–water partition coefficient (Wildman–Crippen LogP) is 3.33. The average molecular weight is 460 g/mol.